The van der Waals surface area contributed by atoms with Gasteiger partial charge in [-0.05, 0) is 24.6 Å². The first-order valence-electron chi connectivity index (χ1n) is 6.00. The van der Waals surface area contributed by atoms with E-state index in [0.717, 1.165) is 12.1 Å². The molecule has 110 valence electrons. The quantitative estimate of drug-likeness (QED) is 0.822. The fourth-order valence-corrected chi connectivity index (χ4v) is 1.85. The fourth-order valence-electron chi connectivity index (χ4n) is 1.65. The monoisotopic (exact) mass is 304 g/mol. The Morgan fingerprint density at radius 2 is 2.10 bits per heavy atom. The minimum Gasteiger partial charge on any atom is -0.393 e. The Kier molecular flexibility index (Phi) is 5.50. The first kappa shape index (κ1) is 16.4. The number of carbonyl (C=O) groups is 1. The third-order valence-electron chi connectivity index (χ3n) is 2.73. The normalized spacial score (nSPS) is 12.8. The van der Waals surface area contributed by atoms with E-state index in [-0.39, 0.29) is 16.6 Å². The van der Waals surface area contributed by atoms with Gasteiger partial charge in [-0.2, -0.15) is 13.2 Å². The highest BCUT2D eigenvalue weighted by Crippen LogP contribution is 2.29. The van der Waals surface area contributed by atoms with Crippen molar-refractivity contribution in [2.75, 3.05) is 0 Å². The maximum absolute atomic E-state index is 12.6. The number of alkyl halides is 3. The third-order valence-corrected chi connectivity index (χ3v) is 2.89. The highest BCUT2D eigenvalue weighted by molar-refractivity contribution is 7.80. The average molecular weight is 304 g/mol. The van der Waals surface area contributed by atoms with Gasteiger partial charge in [0.25, 0.3) is 5.91 Å². The van der Waals surface area contributed by atoms with Crippen molar-refractivity contribution in [3.63, 3.8) is 0 Å². The van der Waals surface area contributed by atoms with Crippen LogP contribution in [0.5, 0.6) is 0 Å². The van der Waals surface area contributed by atoms with Crippen molar-refractivity contribution in [1.82, 2.24) is 5.32 Å². The lowest BCUT2D eigenvalue weighted by Gasteiger charge is -2.16. The number of benzene rings is 1. The molecule has 1 aromatic carbocycles. The summed E-state index contributed by atoms with van der Waals surface area (Å²) >= 11 is 4.75. The number of amides is 1. The average Bonchev–Trinajstić information content (AvgIpc) is 2.36. The summed E-state index contributed by atoms with van der Waals surface area (Å²) in [6.07, 6.45) is -3.57. The highest BCUT2D eigenvalue weighted by atomic mass is 32.1. The summed E-state index contributed by atoms with van der Waals surface area (Å²) in [5, 5.41) is 2.62. The summed E-state index contributed by atoms with van der Waals surface area (Å²) in [4.78, 5) is 12.2. The molecule has 0 saturated heterocycles. The zero-order valence-corrected chi connectivity index (χ0v) is 11.6. The molecular formula is C13H15F3N2OS. The minimum absolute atomic E-state index is 0.0405. The second kappa shape index (κ2) is 6.69. The molecule has 0 aliphatic heterocycles. The molecule has 1 atom stereocenters. The molecule has 1 rings (SSSR count). The Hall–Kier alpha value is -1.63. The van der Waals surface area contributed by atoms with Gasteiger partial charge in [-0.1, -0.05) is 25.2 Å². The van der Waals surface area contributed by atoms with Crippen LogP contribution in [0, 0.1) is 0 Å². The number of hydrogen-bond acceptors (Lipinski definition) is 2. The Morgan fingerprint density at radius 1 is 1.45 bits per heavy atom. The molecule has 1 unspecified atom stereocenters. The molecule has 0 radical (unpaired) electrons. The van der Waals surface area contributed by atoms with Gasteiger partial charge in [0.2, 0.25) is 0 Å². The molecule has 0 saturated carbocycles. The van der Waals surface area contributed by atoms with Crippen molar-refractivity contribution in [2.45, 2.75) is 32.0 Å². The van der Waals surface area contributed by atoms with E-state index in [2.05, 4.69) is 5.32 Å². The van der Waals surface area contributed by atoms with E-state index in [1.165, 1.54) is 12.1 Å². The number of halogens is 3. The van der Waals surface area contributed by atoms with Crippen molar-refractivity contribution in [2.24, 2.45) is 5.73 Å². The number of carbonyl (C=O) groups excluding carboxylic acids is 1. The molecule has 3 N–H and O–H groups in total. The minimum atomic E-state index is -4.47. The van der Waals surface area contributed by atoms with Crippen molar-refractivity contribution in [3.05, 3.63) is 35.4 Å². The molecule has 0 bridgehead atoms. The molecule has 0 heterocycles. The van der Waals surface area contributed by atoms with Crippen LogP contribution in [-0.4, -0.2) is 16.9 Å². The molecule has 0 fully saturated rings. The number of hydrogen-bond donors (Lipinski definition) is 2. The molecule has 0 spiro atoms. The van der Waals surface area contributed by atoms with Crippen LogP contribution in [0.1, 0.15) is 35.7 Å². The predicted octanol–water partition coefficient (Wildman–Crippen LogP) is 2.89. The van der Waals surface area contributed by atoms with Gasteiger partial charge >= 0.3 is 6.18 Å². The van der Waals surface area contributed by atoms with Crippen LogP contribution in [0.15, 0.2) is 24.3 Å². The number of nitrogens with two attached hydrogens (primary N) is 1. The summed E-state index contributed by atoms with van der Waals surface area (Å²) in [7, 11) is 0. The molecular weight excluding hydrogens is 289 g/mol. The maximum atomic E-state index is 12.6. The molecule has 1 amide bonds. The van der Waals surface area contributed by atoms with Crippen molar-refractivity contribution >= 4 is 23.1 Å². The lowest BCUT2D eigenvalue weighted by Crippen LogP contribution is -2.37. The van der Waals surface area contributed by atoms with E-state index in [9.17, 15) is 18.0 Å². The Morgan fingerprint density at radius 3 is 2.60 bits per heavy atom. The van der Waals surface area contributed by atoms with Gasteiger partial charge in [0.05, 0.1) is 10.6 Å². The van der Waals surface area contributed by atoms with E-state index in [1.807, 2.05) is 6.92 Å². The zero-order valence-electron chi connectivity index (χ0n) is 10.8. The standard InChI is InChI=1S/C13H15F3N2OS/c1-2-10(7-11(17)20)18-12(19)8-4-3-5-9(6-8)13(14,15)16/h3-6,10H,2,7H2,1H3,(H2,17,20)(H,18,19). The zero-order chi connectivity index (χ0) is 15.3. The van der Waals surface area contributed by atoms with Gasteiger partial charge in [-0.25, -0.2) is 0 Å². The van der Waals surface area contributed by atoms with Gasteiger partial charge in [0.1, 0.15) is 0 Å². The molecule has 3 nitrogen and oxygen atoms in total. The maximum Gasteiger partial charge on any atom is 0.416 e. The largest absolute Gasteiger partial charge is 0.416 e. The first-order chi connectivity index (χ1) is 9.24. The van der Waals surface area contributed by atoms with Gasteiger partial charge in [-0.3, -0.25) is 4.79 Å². The van der Waals surface area contributed by atoms with Crippen molar-refractivity contribution in [3.8, 4) is 0 Å². The number of nitrogens with one attached hydrogen (secondary N) is 1. The van der Waals surface area contributed by atoms with Gasteiger partial charge in [-0.15, -0.1) is 0 Å². The van der Waals surface area contributed by atoms with Gasteiger partial charge in [0.15, 0.2) is 0 Å². The lowest BCUT2D eigenvalue weighted by molar-refractivity contribution is -0.137. The summed E-state index contributed by atoms with van der Waals surface area (Å²) in [6.45, 7) is 1.83. The number of rotatable bonds is 5. The highest BCUT2D eigenvalue weighted by Gasteiger charge is 2.31. The van der Waals surface area contributed by atoms with Crippen LogP contribution in [0.3, 0.4) is 0 Å². The molecule has 7 heteroatoms. The Balaban J connectivity index is 2.84. The van der Waals surface area contributed by atoms with Crippen LogP contribution in [0.25, 0.3) is 0 Å². The van der Waals surface area contributed by atoms with E-state index < -0.39 is 17.6 Å². The van der Waals surface area contributed by atoms with Crippen LogP contribution in [0.2, 0.25) is 0 Å². The van der Waals surface area contributed by atoms with Crippen LogP contribution >= 0.6 is 12.2 Å². The molecule has 20 heavy (non-hydrogen) atoms. The van der Waals surface area contributed by atoms with E-state index in [1.54, 1.807) is 0 Å². The Bertz CT molecular complexity index is 503. The second-order valence-corrected chi connectivity index (χ2v) is 4.85. The lowest BCUT2D eigenvalue weighted by atomic mass is 10.1. The Labute approximate surface area is 120 Å². The SMILES string of the molecule is CCC(CC(N)=S)NC(=O)c1cccc(C(F)(F)F)c1. The van der Waals surface area contributed by atoms with Gasteiger partial charge < -0.3 is 11.1 Å². The van der Waals surface area contributed by atoms with E-state index in [0.29, 0.717) is 12.8 Å². The molecule has 1 aromatic rings. The van der Waals surface area contributed by atoms with Crippen LogP contribution in [0.4, 0.5) is 13.2 Å². The molecule has 0 aliphatic rings. The molecule has 0 aliphatic carbocycles. The third kappa shape index (κ3) is 4.80. The number of thiocarbonyl (C=S) groups is 1. The summed E-state index contributed by atoms with van der Waals surface area (Å²) in [6, 6.07) is 3.99. The van der Waals surface area contributed by atoms with Gasteiger partial charge in [0, 0.05) is 18.0 Å². The second-order valence-electron chi connectivity index (χ2n) is 4.33. The van der Waals surface area contributed by atoms with Crippen molar-refractivity contribution in [1.29, 1.82) is 0 Å². The van der Waals surface area contributed by atoms with Crippen molar-refractivity contribution < 1.29 is 18.0 Å². The van der Waals surface area contributed by atoms with Crippen LogP contribution < -0.4 is 11.1 Å². The van der Waals surface area contributed by atoms with Crippen LogP contribution in [-0.2, 0) is 6.18 Å². The summed E-state index contributed by atoms with van der Waals surface area (Å²) < 4.78 is 37.7. The predicted molar refractivity (Wildman–Crippen MR) is 74.4 cm³/mol. The smallest absolute Gasteiger partial charge is 0.393 e. The van der Waals surface area contributed by atoms with E-state index in [4.69, 9.17) is 18.0 Å². The molecule has 0 aromatic heterocycles. The fraction of sp³-hybridized carbons (Fsp3) is 0.385. The summed E-state index contributed by atoms with van der Waals surface area (Å²) in [5.41, 5.74) is 4.50. The topological polar surface area (TPSA) is 55.1 Å². The first-order valence-corrected chi connectivity index (χ1v) is 6.41. The summed E-state index contributed by atoms with van der Waals surface area (Å²) in [5.74, 6) is -0.570. The van der Waals surface area contributed by atoms with E-state index >= 15 is 0 Å².